The number of H-pyrrole nitrogens is 1. The van der Waals surface area contributed by atoms with E-state index in [2.05, 4.69) is 16.0 Å². The largest absolute Gasteiger partial charge is 0.484 e. The molecule has 20 heavy (non-hydrogen) atoms. The number of rotatable bonds is 3. The van der Waals surface area contributed by atoms with Gasteiger partial charge in [-0.3, -0.25) is 4.79 Å². The van der Waals surface area contributed by atoms with E-state index in [9.17, 15) is 4.79 Å². The maximum atomic E-state index is 11.8. The van der Waals surface area contributed by atoms with E-state index in [1.165, 1.54) is 11.3 Å². The third kappa shape index (κ3) is 2.27. The molecule has 0 saturated heterocycles. The van der Waals surface area contributed by atoms with Crippen LogP contribution in [0.2, 0.25) is 0 Å². The first-order valence-electron chi connectivity index (χ1n) is 5.86. The van der Waals surface area contributed by atoms with Crippen molar-refractivity contribution in [3.8, 4) is 11.8 Å². The van der Waals surface area contributed by atoms with Gasteiger partial charge in [0.15, 0.2) is 0 Å². The van der Waals surface area contributed by atoms with Crippen LogP contribution in [0.1, 0.15) is 11.4 Å². The zero-order valence-corrected chi connectivity index (χ0v) is 11.1. The predicted molar refractivity (Wildman–Crippen MR) is 75.7 cm³/mol. The lowest BCUT2D eigenvalue weighted by atomic mass is 10.2. The highest BCUT2D eigenvalue weighted by Gasteiger charge is 2.07. The monoisotopic (exact) mass is 283 g/mol. The van der Waals surface area contributed by atoms with Crippen LogP contribution in [0.15, 0.2) is 40.5 Å². The van der Waals surface area contributed by atoms with Crippen molar-refractivity contribution in [3.05, 3.63) is 57.5 Å². The van der Waals surface area contributed by atoms with Crippen molar-refractivity contribution in [1.29, 1.82) is 5.26 Å². The maximum absolute atomic E-state index is 11.8. The molecule has 0 saturated carbocycles. The Morgan fingerprint density at radius 2 is 2.20 bits per heavy atom. The first-order valence-corrected chi connectivity index (χ1v) is 6.74. The van der Waals surface area contributed by atoms with Gasteiger partial charge in [-0.1, -0.05) is 12.1 Å². The molecule has 0 aliphatic heterocycles. The number of nitrogens with one attached hydrogen (secondary N) is 1. The molecular formula is C14H9N3O2S. The Bertz CT molecular complexity index is 860. The van der Waals surface area contributed by atoms with Crippen molar-refractivity contribution in [2.45, 2.75) is 6.61 Å². The van der Waals surface area contributed by atoms with Gasteiger partial charge in [-0.2, -0.15) is 5.26 Å². The Morgan fingerprint density at radius 3 is 3.05 bits per heavy atom. The molecule has 98 valence electrons. The number of nitriles is 1. The molecule has 0 aliphatic carbocycles. The van der Waals surface area contributed by atoms with Crippen molar-refractivity contribution in [2.24, 2.45) is 0 Å². The minimum Gasteiger partial charge on any atom is -0.484 e. The minimum atomic E-state index is -0.169. The molecule has 1 N–H and O–H groups in total. The zero-order chi connectivity index (χ0) is 13.9. The fourth-order valence-electron chi connectivity index (χ4n) is 1.82. The smallest absolute Gasteiger partial charge is 0.268 e. The van der Waals surface area contributed by atoms with Crippen LogP contribution in [0, 0.1) is 11.3 Å². The van der Waals surface area contributed by atoms with E-state index in [0.29, 0.717) is 27.4 Å². The summed E-state index contributed by atoms with van der Waals surface area (Å²) in [6.07, 6.45) is 0. The summed E-state index contributed by atoms with van der Waals surface area (Å²) in [5, 5.41) is 10.8. The minimum absolute atomic E-state index is 0.111. The van der Waals surface area contributed by atoms with Gasteiger partial charge in [0.25, 0.3) is 5.56 Å². The van der Waals surface area contributed by atoms with Crippen molar-refractivity contribution in [3.63, 3.8) is 0 Å². The SMILES string of the molecule is N#Cc1ccccc1OCc1nc2ccsc2c(=O)[nH]1. The summed E-state index contributed by atoms with van der Waals surface area (Å²) < 4.78 is 6.15. The lowest BCUT2D eigenvalue weighted by Gasteiger charge is -2.06. The van der Waals surface area contributed by atoms with E-state index in [4.69, 9.17) is 10.00 Å². The Balaban J connectivity index is 1.87. The second kappa shape index (κ2) is 5.15. The second-order valence-electron chi connectivity index (χ2n) is 4.04. The number of aromatic amines is 1. The van der Waals surface area contributed by atoms with Crippen molar-refractivity contribution in [2.75, 3.05) is 0 Å². The van der Waals surface area contributed by atoms with E-state index in [0.717, 1.165) is 0 Å². The highest BCUT2D eigenvalue weighted by Crippen LogP contribution is 2.18. The van der Waals surface area contributed by atoms with Crippen LogP contribution >= 0.6 is 11.3 Å². The lowest BCUT2D eigenvalue weighted by Crippen LogP contribution is -2.12. The number of fused-ring (bicyclic) bond motifs is 1. The molecule has 0 aliphatic rings. The molecule has 6 heteroatoms. The number of hydrogen-bond acceptors (Lipinski definition) is 5. The van der Waals surface area contributed by atoms with Crippen LogP contribution in [-0.2, 0) is 6.61 Å². The number of thiophene rings is 1. The van der Waals surface area contributed by atoms with Crippen LogP contribution in [0.5, 0.6) is 5.75 Å². The summed E-state index contributed by atoms with van der Waals surface area (Å²) in [6, 6.07) is 10.8. The van der Waals surface area contributed by atoms with Gasteiger partial charge in [-0.25, -0.2) is 4.98 Å². The third-order valence-electron chi connectivity index (χ3n) is 2.74. The topological polar surface area (TPSA) is 78.8 Å². The number of nitrogens with zero attached hydrogens (tertiary/aromatic N) is 2. The van der Waals surface area contributed by atoms with Crippen LogP contribution < -0.4 is 10.3 Å². The van der Waals surface area contributed by atoms with Crippen LogP contribution in [0.25, 0.3) is 10.2 Å². The molecule has 3 rings (SSSR count). The summed E-state index contributed by atoms with van der Waals surface area (Å²) in [5.41, 5.74) is 0.939. The number of para-hydroxylation sites is 1. The summed E-state index contributed by atoms with van der Waals surface area (Å²) in [7, 11) is 0. The standard InChI is InChI=1S/C14H9N3O2S/c15-7-9-3-1-2-4-11(9)19-8-12-16-10-5-6-20-13(10)14(18)17-12/h1-6H,8H2,(H,16,17,18). The van der Waals surface area contributed by atoms with Crippen molar-refractivity contribution >= 4 is 21.6 Å². The molecule has 3 aromatic rings. The summed E-state index contributed by atoms with van der Waals surface area (Å²) >= 11 is 1.35. The van der Waals surface area contributed by atoms with Gasteiger partial charge in [0.05, 0.1) is 11.1 Å². The summed E-state index contributed by atoms with van der Waals surface area (Å²) in [6.45, 7) is 0.111. The predicted octanol–water partition coefficient (Wildman–Crippen LogP) is 2.44. The number of benzene rings is 1. The number of aromatic nitrogens is 2. The van der Waals surface area contributed by atoms with Crippen molar-refractivity contribution in [1.82, 2.24) is 9.97 Å². The number of ether oxygens (including phenoxy) is 1. The van der Waals surface area contributed by atoms with Gasteiger partial charge in [0.2, 0.25) is 0 Å². The van der Waals surface area contributed by atoms with Crippen LogP contribution in [0.4, 0.5) is 0 Å². The first kappa shape index (κ1) is 12.4. The van der Waals surface area contributed by atoms with E-state index in [1.807, 2.05) is 5.38 Å². The molecule has 5 nitrogen and oxygen atoms in total. The molecule has 0 unspecified atom stereocenters. The molecule has 0 fully saturated rings. The molecule has 0 radical (unpaired) electrons. The van der Waals surface area contributed by atoms with Gasteiger partial charge < -0.3 is 9.72 Å². The van der Waals surface area contributed by atoms with E-state index >= 15 is 0 Å². The quantitative estimate of drug-likeness (QED) is 0.800. The first-order chi connectivity index (χ1) is 9.78. The van der Waals surface area contributed by atoms with E-state index in [-0.39, 0.29) is 12.2 Å². The van der Waals surface area contributed by atoms with Gasteiger partial charge in [-0.05, 0) is 23.6 Å². The molecule has 0 atom stereocenters. The van der Waals surface area contributed by atoms with Gasteiger partial charge in [-0.15, -0.1) is 11.3 Å². The Labute approximate surface area is 118 Å². The third-order valence-corrected chi connectivity index (χ3v) is 3.64. The van der Waals surface area contributed by atoms with Gasteiger partial charge in [0, 0.05) is 0 Å². The highest BCUT2D eigenvalue weighted by atomic mass is 32.1. The van der Waals surface area contributed by atoms with Crippen LogP contribution in [0.3, 0.4) is 0 Å². The van der Waals surface area contributed by atoms with Gasteiger partial charge >= 0.3 is 0 Å². The fourth-order valence-corrected chi connectivity index (χ4v) is 2.55. The molecule has 2 aromatic heterocycles. The molecule has 0 amide bonds. The van der Waals surface area contributed by atoms with Gasteiger partial charge in [0.1, 0.15) is 28.9 Å². The maximum Gasteiger partial charge on any atom is 0.268 e. The van der Waals surface area contributed by atoms with E-state index in [1.54, 1.807) is 30.3 Å². The van der Waals surface area contributed by atoms with Crippen molar-refractivity contribution < 1.29 is 4.74 Å². The zero-order valence-electron chi connectivity index (χ0n) is 10.3. The Morgan fingerprint density at radius 1 is 1.35 bits per heavy atom. The fraction of sp³-hybridized carbons (Fsp3) is 0.0714. The molecular weight excluding hydrogens is 274 g/mol. The Hall–Kier alpha value is -2.65. The normalized spacial score (nSPS) is 10.3. The number of hydrogen-bond donors (Lipinski definition) is 1. The molecule has 1 aromatic carbocycles. The average molecular weight is 283 g/mol. The molecule has 0 bridgehead atoms. The lowest BCUT2D eigenvalue weighted by molar-refractivity contribution is 0.295. The molecule has 2 heterocycles. The Kier molecular flexibility index (Phi) is 3.19. The highest BCUT2D eigenvalue weighted by molar-refractivity contribution is 7.17. The summed E-state index contributed by atoms with van der Waals surface area (Å²) in [4.78, 5) is 18.8. The average Bonchev–Trinajstić information content (AvgIpc) is 2.94. The van der Waals surface area contributed by atoms with E-state index < -0.39 is 0 Å². The van der Waals surface area contributed by atoms with Crippen LogP contribution in [-0.4, -0.2) is 9.97 Å². The molecule has 0 spiro atoms. The second-order valence-corrected chi connectivity index (χ2v) is 4.96. The summed E-state index contributed by atoms with van der Waals surface area (Å²) in [5.74, 6) is 0.914.